The molecule has 2 aliphatic heterocycles. The number of carbonyl (C=O) groups is 1. The molecule has 2 fully saturated rings. The van der Waals surface area contributed by atoms with Gasteiger partial charge in [-0.05, 0) is 6.92 Å². The van der Waals surface area contributed by atoms with E-state index in [1.165, 1.54) is 20.0 Å². The van der Waals surface area contributed by atoms with Gasteiger partial charge in [0.15, 0.2) is 0 Å². The Hall–Kier alpha value is -0.410. The van der Waals surface area contributed by atoms with E-state index in [9.17, 15) is 0 Å². The lowest BCUT2D eigenvalue weighted by Gasteiger charge is -1.83. The van der Waals surface area contributed by atoms with Crippen LogP contribution >= 0.6 is 0 Å². The van der Waals surface area contributed by atoms with Gasteiger partial charge in [0.05, 0.1) is 6.61 Å². The predicted molar refractivity (Wildman–Crippen MR) is 33.1 cm³/mol. The van der Waals surface area contributed by atoms with Gasteiger partial charge in [-0.25, -0.2) is 0 Å². The fraction of sp³-hybridized carbons (Fsp3) is 0.833. The topological polar surface area (TPSA) is 29.3 Å². The van der Waals surface area contributed by atoms with Crippen molar-refractivity contribution >= 4 is 6.29 Å². The van der Waals surface area contributed by atoms with E-state index in [-0.39, 0.29) is 0 Å². The van der Waals surface area contributed by atoms with Gasteiger partial charge in [0.25, 0.3) is 0 Å². The molecular weight excluding hydrogens is 118 g/mol. The van der Waals surface area contributed by atoms with Gasteiger partial charge in [-0.15, -0.1) is 0 Å². The first-order chi connectivity index (χ1) is 4.38. The monoisotopic (exact) mass is 129 g/mol. The number of hydrogen-bond donors (Lipinski definition) is 0. The molecule has 0 aromatic carbocycles. The van der Waals surface area contributed by atoms with Gasteiger partial charge < -0.3 is 9.53 Å². The maximum absolute atomic E-state index is 8.81. The highest BCUT2D eigenvalue weighted by molar-refractivity contribution is 5.44. The Bertz CT molecular complexity index is 97.2. The van der Waals surface area contributed by atoms with Crippen LogP contribution < -0.4 is 0 Å². The minimum absolute atomic E-state index is 0.546. The van der Waals surface area contributed by atoms with E-state index in [1.807, 2.05) is 0 Å². The maximum Gasteiger partial charge on any atom is 0.123 e. The lowest BCUT2D eigenvalue weighted by atomic mass is 10.7. The number of carbonyl (C=O) groups excluding carboxylic acids is 1. The molecule has 0 N–H and O–H groups in total. The van der Waals surface area contributed by atoms with Crippen LogP contribution in [-0.2, 0) is 9.53 Å². The van der Waals surface area contributed by atoms with Crippen LogP contribution in [0.25, 0.3) is 0 Å². The Morgan fingerprint density at radius 2 is 2.44 bits per heavy atom. The Kier molecular flexibility index (Phi) is 2.19. The highest BCUT2D eigenvalue weighted by atomic mass is 16.5. The van der Waals surface area contributed by atoms with E-state index in [1.54, 1.807) is 0 Å². The third-order valence-corrected chi connectivity index (χ3v) is 1.35. The fourth-order valence-corrected chi connectivity index (χ4v) is 0.853. The van der Waals surface area contributed by atoms with Crippen molar-refractivity contribution < 1.29 is 9.53 Å². The average molecular weight is 129 g/mol. The van der Waals surface area contributed by atoms with Crippen LogP contribution in [0.15, 0.2) is 0 Å². The Morgan fingerprint density at radius 3 is 2.56 bits per heavy atom. The second-order valence-electron chi connectivity index (χ2n) is 2.06. The van der Waals surface area contributed by atoms with Crippen LogP contribution in [0.4, 0.5) is 0 Å². The van der Waals surface area contributed by atoms with Crippen molar-refractivity contribution in [3.8, 4) is 0 Å². The smallest absolute Gasteiger partial charge is 0.123 e. The molecule has 2 heterocycles. The summed E-state index contributed by atoms with van der Waals surface area (Å²) in [7, 11) is 0. The largest absolute Gasteiger partial charge is 0.360 e. The maximum atomic E-state index is 8.81. The number of ether oxygens (including phenoxy) is 1. The molecule has 2 aliphatic rings. The first-order valence-corrected chi connectivity index (χ1v) is 3.14. The predicted octanol–water partition coefficient (Wildman–Crippen LogP) is -0.137. The third kappa shape index (κ3) is 1.77. The zero-order valence-electron chi connectivity index (χ0n) is 5.54. The molecule has 52 valence electrons. The first-order valence-electron chi connectivity index (χ1n) is 3.14. The van der Waals surface area contributed by atoms with Crippen LogP contribution in [0.2, 0.25) is 0 Å². The Morgan fingerprint density at radius 1 is 1.78 bits per heavy atom. The van der Waals surface area contributed by atoms with Gasteiger partial charge in [-0.1, -0.05) is 0 Å². The van der Waals surface area contributed by atoms with Crippen LogP contribution in [0.5, 0.6) is 0 Å². The van der Waals surface area contributed by atoms with Crippen molar-refractivity contribution in [2.45, 2.75) is 13.2 Å². The van der Waals surface area contributed by atoms with Gasteiger partial charge in [0.2, 0.25) is 0 Å². The van der Waals surface area contributed by atoms with Crippen molar-refractivity contribution in [3.63, 3.8) is 0 Å². The van der Waals surface area contributed by atoms with Crippen molar-refractivity contribution in [1.29, 1.82) is 0 Å². The molecule has 0 aromatic rings. The SMILES string of the molecule is C1CN2CC2O1.CC=O. The second-order valence-corrected chi connectivity index (χ2v) is 2.06. The average Bonchev–Trinajstić information content (AvgIpc) is 2.43. The van der Waals surface area contributed by atoms with Gasteiger partial charge in [0.1, 0.15) is 12.5 Å². The summed E-state index contributed by atoms with van der Waals surface area (Å²) in [5, 5.41) is 0. The summed E-state index contributed by atoms with van der Waals surface area (Å²) in [6.45, 7) is 4.77. The molecule has 3 heteroatoms. The molecule has 0 spiro atoms. The summed E-state index contributed by atoms with van der Waals surface area (Å²) in [5.41, 5.74) is 0. The minimum Gasteiger partial charge on any atom is -0.360 e. The molecule has 3 nitrogen and oxygen atoms in total. The number of rotatable bonds is 0. The number of fused-ring (bicyclic) bond motifs is 1. The molecule has 2 unspecified atom stereocenters. The number of hydrogen-bond acceptors (Lipinski definition) is 3. The summed E-state index contributed by atoms with van der Waals surface area (Å²) in [6, 6.07) is 0. The first kappa shape index (κ1) is 6.71. The number of morpholine rings is 1. The molecule has 9 heavy (non-hydrogen) atoms. The Balaban J connectivity index is 0.000000120. The number of nitrogens with zero attached hydrogens (tertiary/aromatic N) is 1. The lowest BCUT2D eigenvalue weighted by molar-refractivity contribution is -0.106. The molecule has 0 aliphatic carbocycles. The normalized spacial score (nSPS) is 36.1. The summed E-state index contributed by atoms with van der Waals surface area (Å²) in [4.78, 5) is 11.1. The van der Waals surface area contributed by atoms with Gasteiger partial charge in [0, 0.05) is 13.1 Å². The second kappa shape index (κ2) is 2.94. The van der Waals surface area contributed by atoms with Crippen LogP contribution in [0.1, 0.15) is 6.92 Å². The van der Waals surface area contributed by atoms with E-state index in [0.717, 1.165) is 12.9 Å². The van der Waals surface area contributed by atoms with Gasteiger partial charge in [-0.3, -0.25) is 4.90 Å². The zero-order valence-corrected chi connectivity index (χ0v) is 5.54. The van der Waals surface area contributed by atoms with Gasteiger partial charge >= 0.3 is 0 Å². The fourth-order valence-electron chi connectivity index (χ4n) is 0.853. The van der Waals surface area contributed by atoms with E-state index < -0.39 is 0 Å². The van der Waals surface area contributed by atoms with Crippen molar-refractivity contribution in [2.75, 3.05) is 19.7 Å². The summed E-state index contributed by atoms with van der Waals surface area (Å²) < 4.78 is 5.15. The highest BCUT2D eigenvalue weighted by Crippen LogP contribution is 2.22. The summed E-state index contributed by atoms with van der Waals surface area (Å²) in [5.74, 6) is 0. The van der Waals surface area contributed by atoms with E-state index in [2.05, 4.69) is 4.90 Å². The molecule has 0 bridgehead atoms. The molecule has 0 saturated carbocycles. The molecular formula is C6H11NO2. The minimum atomic E-state index is 0.546. The van der Waals surface area contributed by atoms with E-state index in [4.69, 9.17) is 9.53 Å². The highest BCUT2D eigenvalue weighted by Gasteiger charge is 2.39. The van der Waals surface area contributed by atoms with E-state index >= 15 is 0 Å². The van der Waals surface area contributed by atoms with Crippen molar-refractivity contribution in [2.24, 2.45) is 0 Å². The molecule has 2 saturated heterocycles. The molecule has 0 aromatic heterocycles. The summed E-state index contributed by atoms with van der Waals surface area (Å²) >= 11 is 0. The summed E-state index contributed by atoms with van der Waals surface area (Å²) in [6.07, 6.45) is 1.30. The molecule has 2 atom stereocenters. The molecule has 0 amide bonds. The van der Waals surface area contributed by atoms with Crippen molar-refractivity contribution in [3.05, 3.63) is 0 Å². The van der Waals surface area contributed by atoms with Gasteiger partial charge in [-0.2, -0.15) is 0 Å². The van der Waals surface area contributed by atoms with Crippen LogP contribution in [0.3, 0.4) is 0 Å². The van der Waals surface area contributed by atoms with Crippen LogP contribution in [0, 0.1) is 0 Å². The van der Waals surface area contributed by atoms with Crippen LogP contribution in [-0.4, -0.2) is 37.1 Å². The molecule has 0 radical (unpaired) electrons. The number of aldehydes is 1. The van der Waals surface area contributed by atoms with Crippen molar-refractivity contribution in [1.82, 2.24) is 4.90 Å². The van der Waals surface area contributed by atoms with E-state index in [0.29, 0.717) is 6.23 Å². The zero-order chi connectivity index (χ0) is 6.69. The lowest BCUT2D eigenvalue weighted by Crippen LogP contribution is -1.96. The molecule has 2 rings (SSSR count). The Labute approximate surface area is 54.6 Å². The third-order valence-electron chi connectivity index (χ3n) is 1.35. The standard InChI is InChI=1S/C4H7NO.C2H4O/c1-2-6-4-3-5(1)4;1-2-3/h4H,1-3H2;2H,1H3. The quantitative estimate of drug-likeness (QED) is 0.337.